The van der Waals surface area contributed by atoms with Gasteiger partial charge in [0.25, 0.3) is 0 Å². The predicted molar refractivity (Wildman–Crippen MR) is 140 cm³/mol. The Hall–Kier alpha value is -3.37. The average molecular weight is 515 g/mol. The van der Waals surface area contributed by atoms with Gasteiger partial charge in [0, 0.05) is 6.42 Å². The highest BCUT2D eigenvalue weighted by Crippen LogP contribution is 2.06. The summed E-state index contributed by atoms with van der Waals surface area (Å²) in [5.41, 5.74) is 7.71. The third-order valence-corrected chi connectivity index (χ3v) is 6.17. The van der Waals surface area contributed by atoms with Crippen LogP contribution < -0.4 is 21.7 Å². The molecule has 0 fully saturated rings. The molecule has 0 aliphatic carbocycles. The Labute approximate surface area is 215 Å². The second kappa shape index (κ2) is 14.9. The minimum absolute atomic E-state index is 0.105. The lowest BCUT2D eigenvalue weighted by Gasteiger charge is -2.23. The number of hydrogen-bond acceptors (Lipinski definition) is 6. The van der Waals surface area contributed by atoms with E-state index in [0.717, 1.165) is 11.1 Å². The van der Waals surface area contributed by atoms with Crippen LogP contribution >= 0.6 is 11.8 Å². The first-order chi connectivity index (χ1) is 17.2. The zero-order chi connectivity index (χ0) is 26.5. The van der Waals surface area contributed by atoms with Gasteiger partial charge in [0.05, 0.1) is 6.04 Å². The molecule has 0 aliphatic rings. The Kier molecular flexibility index (Phi) is 11.9. The van der Waals surface area contributed by atoms with Crippen molar-refractivity contribution in [3.05, 3.63) is 71.8 Å². The third kappa shape index (κ3) is 9.71. The van der Waals surface area contributed by atoms with Gasteiger partial charge in [-0.15, -0.1) is 0 Å². The van der Waals surface area contributed by atoms with Crippen LogP contribution in [-0.2, 0) is 32.0 Å². The van der Waals surface area contributed by atoms with Crippen LogP contribution in [-0.4, -0.2) is 65.0 Å². The number of aliphatic carboxylic acids is 1. The van der Waals surface area contributed by atoms with Gasteiger partial charge >= 0.3 is 5.97 Å². The van der Waals surface area contributed by atoms with Gasteiger partial charge in [-0.1, -0.05) is 60.7 Å². The lowest BCUT2D eigenvalue weighted by molar-refractivity contribution is -0.142. The van der Waals surface area contributed by atoms with Crippen LogP contribution in [0.2, 0.25) is 0 Å². The Morgan fingerprint density at radius 2 is 1.33 bits per heavy atom. The maximum absolute atomic E-state index is 12.9. The van der Waals surface area contributed by atoms with Crippen molar-refractivity contribution in [2.45, 2.75) is 50.4 Å². The van der Waals surface area contributed by atoms with Crippen LogP contribution in [0.5, 0.6) is 0 Å². The molecule has 6 N–H and O–H groups in total. The van der Waals surface area contributed by atoms with Crippen LogP contribution in [0.25, 0.3) is 0 Å². The number of rotatable bonds is 14. The van der Waals surface area contributed by atoms with Crippen molar-refractivity contribution in [2.24, 2.45) is 5.73 Å². The van der Waals surface area contributed by atoms with Crippen molar-refractivity contribution >= 4 is 35.5 Å². The zero-order valence-corrected chi connectivity index (χ0v) is 21.3. The molecule has 0 saturated carbocycles. The SMILES string of the molecule is CSCCC(NC(=O)C(N)Cc1ccccc1)C(=O)NC(C)C(=O)NC(Cc1ccccc1)C(=O)O. The Morgan fingerprint density at radius 3 is 1.86 bits per heavy atom. The summed E-state index contributed by atoms with van der Waals surface area (Å²) in [5, 5.41) is 17.3. The highest BCUT2D eigenvalue weighted by atomic mass is 32.2. The molecule has 2 aromatic carbocycles. The van der Waals surface area contributed by atoms with E-state index in [1.165, 1.54) is 18.7 Å². The molecule has 4 atom stereocenters. The molecule has 0 bridgehead atoms. The van der Waals surface area contributed by atoms with E-state index in [0.29, 0.717) is 18.6 Å². The summed E-state index contributed by atoms with van der Waals surface area (Å²) in [5.74, 6) is -2.22. The fourth-order valence-corrected chi connectivity index (χ4v) is 3.94. The van der Waals surface area contributed by atoms with Crippen molar-refractivity contribution in [3.8, 4) is 0 Å². The second-order valence-electron chi connectivity index (χ2n) is 8.46. The first-order valence-corrected chi connectivity index (χ1v) is 13.1. The molecule has 2 rings (SSSR count). The second-order valence-corrected chi connectivity index (χ2v) is 9.44. The molecule has 0 spiro atoms. The standard InChI is InChI=1S/C26H34N4O5S/c1-17(23(31)30-22(26(34)35)16-19-11-7-4-8-12-19)28-25(33)21(13-14-36-2)29-24(32)20(27)15-18-9-5-3-6-10-18/h3-12,17,20-22H,13-16,27H2,1-2H3,(H,28,33)(H,29,32)(H,30,31)(H,34,35). The molecule has 2 aromatic rings. The molecule has 0 aromatic heterocycles. The average Bonchev–Trinajstić information content (AvgIpc) is 2.86. The van der Waals surface area contributed by atoms with Crippen molar-refractivity contribution in [3.63, 3.8) is 0 Å². The summed E-state index contributed by atoms with van der Waals surface area (Å²) < 4.78 is 0. The predicted octanol–water partition coefficient (Wildman–Crippen LogP) is 1.11. The van der Waals surface area contributed by atoms with Crippen LogP contribution in [0.4, 0.5) is 0 Å². The number of carboxylic acids is 1. The Bertz CT molecular complexity index is 1010. The Morgan fingerprint density at radius 1 is 0.806 bits per heavy atom. The van der Waals surface area contributed by atoms with Crippen LogP contribution in [0.15, 0.2) is 60.7 Å². The molecule has 9 nitrogen and oxygen atoms in total. The smallest absolute Gasteiger partial charge is 0.326 e. The number of nitrogens with one attached hydrogen (secondary N) is 3. The number of nitrogens with two attached hydrogens (primary N) is 1. The van der Waals surface area contributed by atoms with E-state index >= 15 is 0 Å². The van der Waals surface area contributed by atoms with E-state index in [1.807, 2.05) is 42.7 Å². The van der Waals surface area contributed by atoms with Gasteiger partial charge < -0.3 is 26.8 Å². The molecule has 36 heavy (non-hydrogen) atoms. The van der Waals surface area contributed by atoms with Gasteiger partial charge in [0.2, 0.25) is 17.7 Å². The molecule has 0 radical (unpaired) electrons. The van der Waals surface area contributed by atoms with Gasteiger partial charge in [-0.2, -0.15) is 11.8 Å². The lowest BCUT2D eigenvalue weighted by atomic mass is 10.1. The molecule has 0 saturated heterocycles. The summed E-state index contributed by atoms with van der Waals surface area (Å²) in [4.78, 5) is 49.9. The van der Waals surface area contributed by atoms with E-state index in [-0.39, 0.29) is 6.42 Å². The van der Waals surface area contributed by atoms with Crippen LogP contribution in [0, 0.1) is 0 Å². The summed E-state index contributed by atoms with van der Waals surface area (Å²) >= 11 is 1.52. The molecule has 10 heteroatoms. The lowest BCUT2D eigenvalue weighted by Crippen LogP contribution is -2.56. The van der Waals surface area contributed by atoms with Crippen LogP contribution in [0.3, 0.4) is 0 Å². The van der Waals surface area contributed by atoms with Crippen molar-refractivity contribution < 1.29 is 24.3 Å². The number of thioether (sulfide) groups is 1. The van der Waals surface area contributed by atoms with E-state index < -0.39 is 47.9 Å². The summed E-state index contributed by atoms with van der Waals surface area (Å²) in [6.45, 7) is 1.46. The summed E-state index contributed by atoms with van der Waals surface area (Å²) in [7, 11) is 0. The maximum atomic E-state index is 12.9. The maximum Gasteiger partial charge on any atom is 0.326 e. The molecule has 0 aliphatic heterocycles. The molecule has 4 unspecified atom stereocenters. The minimum atomic E-state index is -1.18. The van der Waals surface area contributed by atoms with E-state index in [4.69, 9.17) is 5.73 Å². The minimum Gasteiger partial charge on any atom is -0.480 e. The van der Waals surface area contributed by atoms with Gasteiger partial charge in [0.15, 0.2) is 0 Å². The number of hydrogen-bond donors (Lipinski definition) is 5. The topological polar surface area (TPSA) is 151 Å². The first-order valence-electron chi connectivity index (χ1n) is 11.7. The van der Waals surface area contributed by atoms with E-state index in [1.54, 1.807) is 24.3 Å². The quantitative estimate of drug-likeness (QED) is 0.253. The van der Waals surface area contributed by atoms with Gasteiger partial charge in [0.1, 0.15) is 18.1 Å². The zero-order valence-electron chi connectivity index (χ0n) is 20.5. The van der Waals surface area contributed by atoms with E-state index in [9.17, 15) is 24.3 Å². The van der Waals surface area contributed by atoms with Gasteiger partial charge in [-0.25, -0.2) is 4.79 Å². The fraction of sp³-hybridized carbons (Fsp3) is 0.385. The molecule has 0 heterocycles. The molecule has 194 valence electrons. The van der Waals surface area contributed by atoms with Gasteiger partial charge in [-0.05, 0) is 42.9 Å². The Balaban J connectivity index is 1.96. The highest BCUT2D eigenvalue weighted by Gasteiger charge is 2.28. The van der Waals surface area contributed by atoms with E-state index in [2.05, 4.69) is 16.0 Å². The number of carbonyl (C=O) groups excluding carboxylic acids is 3. The summed E-state index contributed by atoms with van der Waals surface area (Å²) in [6.07, 6.45) is 2.65. The van der Waals surface area contributed by atoms with Crippen molar-refractivity contribution in [1.29, 1.82) is 0 Å². The van der Waals surface area contributed by atoms with Crippen molar-refractivity contribution in [2.75, 3.05) is 12.0 Å². The van der Waals surface area contributed by atoms with Crippen LogP contribution in [0.1, 0.15) is 24.5 Å². The molecular formula is C26H34N4O5S. The highest BCUT2D eigenvalue weighted by molar-refractivity contribution is 7.98. The molecular weight excluding hydrogens is 480 g/mol. The summed E-state index contributed by atoms with van der Waals surface area (Å²) in [6, 6.07) is 14.4. The fourth-order valence-electron chi connectivity index (χ4n) is 3.47. The number of carboxylic acid groups (broad SMARTS) is 1. The number of benzene rings is 2. The van der Waals surface area contributed by atoms with Gasteiger partial charge in [-0.3, -0.25) is 14.4 Å². The third-order valence-electron chi connectivity index (χ3n) is 5.53. The number of carbonyl (C=O) groups is 4. The monoisotopic (exact) mass is 514 g/mol. The molecule has 3 amide bonds. The normalized spacial score (nSPS) is 14.1. The number of amides is 3. The largest absolute Gasteiger partial charge is 0.480 e. The first kappa shape index (κ1) is 28.9. The van der Waals surface area contributed by atoms with Crippen molar-refractivity contribution in [1.82, 2.24) is 16.0 Å².